The molecule has 0 aliphatic heterocycles. The van der Waals surface area contributed by atoms with Crippen LogP contribution < -0.4 is 0 Å². The Morgan fingerprint density at radius 1 is 0.950 bits per heavy atom. The molecule has 3 nitrogen and oxygen atoms in total. The summed E-state index contributed by atoms with van der Waals surface area (Å²) < 4.78 is 5.09. The smallest absolute Gasteiger partial charge is 0.220 e. The van der Waals surface area contributed by atoms with Crippen LogP contribution in [-0.4, -0.2) is 23.3 Å². The Balaban J connectivity index is 2.14. The molecule has 0 heterocycles. The predicted octanol–water partition coefficient (Wildman–Crippen LogP) is 3.28. The Hall–Kier alpha value is -1.97. The van der Waals surface area contributed by atoms with Crippen molar-refractivity contribution < 1.29 is 14.6 Å². The monoisotopic (exact) mass is 270 g/mol. The lowest BCUT2D eigenvalue weighted by molar-refractivity contribution is -0.0971. The van der Waals surface area contributed by atoms with Crippen LogP contribution in [0.1, 0.15) is 24.2 Å². The number of rotatable bonds is 5. The molecule has 0 fully saturated rings. The Labute approximate surface area is 118 Å². The lowest BCUT2D eigenvalue weighted by Gasteiger charge is -2.13. The molecule has 2 aromatic carbocycles. The molecule has 1 N–H and O–H groups in total. The van der Waals surface area contributed by atoms with Gasteiger partial charge in [0.15, 0.2) is 0 Å². The zero-order valence-corrected chi connectivity index (χ0v) is 11.6. The van der Waals surface area contributed by atoms with Gasteiger partial charge >= 0.3 is 0 Å². The van der Waals surface area contributed by atoms with Crippen molar-refractivity contribution in [3.05, 3.63) is 60.2 Å². The first kappa shape index (κ1) is 14.4. The molecule has 0 spiro atoms. The van der Waals surface area contributed by atoms with Gasteiger partial charge in [-0.15, -0.1) is 0 Å². The van der Waals surface area contributed by atoms with Crippen LogP contribution in [0.4, 0.5) is 0 Å². The fraction of sp³-hybridized carbons (Fsp3) is 0.235. The van der Waals surface area contributed by atoms with Gasteiger partial charge in [0.25, 0.3) is 0 Å². The highest BCUT2D eigenvalue weighted by Crippen LogP contribution is 2.19. The second kappa shape index (κ2) is 6.46. The summed E-state index contributed by atoms with van der Waals surface area (Å²) in [5, 5.41) is 9.66. The summed E-state index contributed by atoms with van der Waals surface area (Å²) in [5.41, 5.74) is 2.56. The number of carbonyl (C=O) groups is 1. The predicted molar refractivity (Wildman–Crippen MR) is 78.4 cm³/mol. The average molecular weight is 270 g/mol. The highest BCUT2D eigenvalue weighted by atomic mass is 16.6. The van der Waals surface area contributed by atoms with Gasteiger partial charge in [0.1, 0.15) is 0 Å². The normalized spacial score (nSPS) is 12.4. The van der Waals surface area contributed by atoms with Crippen LogP contribution in [0.15, 0.2) is 54.6 Å². The summed E-state index contributed by atoms with van der Waals surface area (Å²) in [6.07, 6.45) is -1.60. The minimum Gasteiger partial charge on any atom is -0.362 e. The Morgan fingerprint density at radius 2 is 1.50 bits per heavy atom. The zero-order chi connectivity index (χ0) is 14.5. The van der Waals surface area contributed by atoms with E-state index in [1.54, 1.807) is 26.0 Å². The molecule has 3 heteroatoms. The van der Waals surface area contributed by atoms with E-state index in [-0.39, 0.29) is 6.10 Å². The van der Waals surface area contributed by atoms with E-state index in [2.05, 4.69) is 0 Å². The summed E-state index contributed by atoms with van der Waals surface area (Å²) >= 11 is 0. The summed E-state index contributed by atoms with van der Waals surface area (Å²) in [5.74, 6) is -0.418. The maximum atomic E-state index is 12.0. The third-order valence-electron chi connectivity index (χ3n) is 2.90. The van der Waals surface area contributed by atoms with Crippen molar-refractivity contribution in [2.24, 2.45) is 0 Å². The topological polar surface area (TPSA) is 46.5 Å². The maximum absolute atomic E-state index is 12.0. The fourth-order valence-corrected chi connectivity index (χ4v) is 1.92. The molecule has 104 valence electrons. The highest BCUT2D eigenvalue weighted by Gasteiger charge is 2.18. The minimum absolute atomic E-state index is 0.197. The van der Waals surface area contributed by atoms with Gasteiger partial charge in [-0.25, -0.2) is 0 Å². The van der Waals surface area contributed by atoms with Gasteiger partial charge in [0.2, 0.25) is 12.1 Å². The Morgan fingerprint density at radius 3 is 2.05 bits per heavy atom. The number of hydrogen-bond donors (Lipinski definition) is 1. The molecule has 0 aliphatic rings. The van der Waals surface area contributed by atoms with E-state index < -0.39 is 12.1 Å². The van der Waals surface area contributed by atoms with E-state index in [0.717, 1.165) is 11.1 Å². The number of ether oxygens (including phenoxy) is 1. The number of benzene rings is 2. The summed E-state index contributed by atoms with van der Waals surface area (Å²) in [6, 6.07) is 17.1. The molecule has 2 aromatic rings. The van der Waals surface area contributed by atoms with Gasteiger partial charge in [-0.1, -0.05) is 54.6 Å². The SMILES string of the molecule is CC(C)O[C@H](O)C(=O)c1ccc(-c2ccccc2)cc1. The number of ketones is 1. The molecule has 20 heavy (non-hydrogen) atoms. The van der Waals surface area contributed by atoms with Crippen LogP contribution in [0.25, 0.3) is 11.1 Å². The van der Waals surface area contributed by atoms with Crippen molar-refractivity contribution in [3.8, 4) is 11.1 Å². The molecule has 0 saturated heterocycles. The molecule has 0 amide bonds. The van der Waals surface area contributed by atoms with Crippen LogP contribution in [0.3, 0.4) is 0 Å². The Kier molecular flexibility index (Phi) is 4.66. The number of aliphatic hydroxyl groups excluding tert-OH is 1. The Bertz CT molecular complexity index is 559. The minimum atomic E-state index is -1.41. The van der Waals surface area contributed by atoms with Crippen molar-refractivity contribution in [1.82, 2.24) is 0 Å². The van der Waals surface area contributed by atoms with E-state index in [1.807, 2.05) is 42.5 Å². The highest BCUT2D eigenvalue weighted by molar-refractivity contribution is 5.98. The third kappa shape index (κ3) is 3.53. The fourth-order valence-electron chi connectivity index (χ4n) is 1.92. The molecule has 2 rings (SSSR count). The standard InChI is InChI=1S/C17H18O3/c1-12(2)20-17(19)16(18)15-10-8-14(9-11-15)13-6-4-3-5-7-13/h3-12,17,19H,1-2H3/t17-/m0/s1. The van der Waals surface area contributed by atoms with Crippen molar-refractivity contribution in [2.45, 2.75) is 26.2 Å². The van der Waals surface area contributed by atoms with E-state index in [9.17, 15) is 9.90 Å². The third-order valence-corrected chi connectivity index (χ3v) is 2.90. The van der Waals surface area contributed by atoms with Gasteiger partial charge in [-0.3, -0.25) is 4.79 Å². The number of Topliss-reactive ketones (excluding diaryl/α,β-unsaturated/α-hetero) is 1. The molecule has 0 bridgehead atoms. The zero-order valence-electron chi connectivity index (χ0n) is 11.6. The molecule has 0 aromatic heterocycles. The van der Waals surface area contributed by atoms with Crippen LogP contribution in [0, 0.1) is 0 Å². The van der Waals surface area contributed by atoms with Crippen molar-refractivity contribution in [3.63, 3.8) is 0 Å². The van der Waals surface area contributed by atoms with E-state index in [1.165, 1.54) is 0 Å². The van der Waals surface area contributed by atoms with Crippen molar-refractivity contribution in [1.29, 1.82) is 0 Å². The second-order valence-electron chi connectivity index (χ2n) is 4.84. The summed E-state index contributed by atoms with van der Waals surface area (Å²) in [4.78, 5) is 12.0. The van der Waals surface area contributed by atoms with Crippen molar-refractivity contribution >= 4 is 5.78 Å². The quantitative estimate of drug-likeness (QED) is 0.670. The first-order chi connectivity index (χ1) is 9.58. The molecular weight excluding hydrogens is 252 g/mol. The van der Waals surface area contributed by atoms with Crippen LogP contribution in [0.2, 0.25) is 0 Å². The lowest BCUT2D eigenvalue weighted by atomic mass is 10.0. The molecule has 1 atom stereocenters. The molecule has 0 saturated carbocycles. The van der Waals surface area contributed by atoms with E-state index in [4.69, 9.17) is 4.74 Å². The van der Waals surface area contributed by atoms with Gasteiger partial charge in [0.05, 0.1) is 6.10 Å². The van der Waals surface area contributed by atoms with Crippen LogP contribution in [-0.2, 0) is 4.74 Å². The molecule has 0 radical (unpaired) electrons. The van der Waals surface area contributed by atoms with Gasteiger partial charge in [-0.05, 0) is 25.0 Å². The molecular formula is C17H18O3. The number of aliphatic hydroxyl groups is 1. The van der Waals surface area contributed by atoms with Gasteiger partial charge in [-0.2, -0.15) is 0 Å². The number of hydrogen-bond acceptors (Lipinski definition) is 3. The van der Waals surface area contributed by atoms with Crippen LogP contribution in [0.5, 0.6) is 0 Å². The van der Waals surface area contributed by atoms with Gasteiger partial charge < -0.3 is 9.84 Å². The largest absolute Gasteiger partial charge is 0.362 e. The average Bonchev–Trinajstić information content (AvgIpc) is 2.47. The second-order valence-corrected chi connectivity index (χ2v) is 4.84. The van der Waals surface area contributed by atoms with E-state index in [0.29, 0.717) is 5.56 Å². The molecule has 0 unspecified atom stereocenters. The van der Waals surface area contributed by atoms with Gasteiger partial charge in [0, 0.05) is 5.56 Å². The first-order valence-corrected chi connectivity index (χ1v) is 6.61. The first-order valence-electron chi connectivity index (χ1n) is 6.61. The molecule has 0 aliphatic carbocycles. The lowest BCUT2D eigenvalue weighted by Crippen LogP contribution is -2.26. The van der Waals surface area contributed by atoms with Crippen LogP contribution >= 0.6 is 0 Å². The van der Waals surface area contributed by atoms with Crippen molar-refractivity contribution in [2.75, 3.05) is 0 Å². The summed E-state index contributed by atoms with van der Waals surface area (Å²) in [7, 11) is 0. The van der Waals surface area contributed by atoms with E-state index >= 15 is 0 Å². The maximum Gasteiger partial charge on any atom is 0.220 e. The summed E-state index contributed by atoms with van der Waals surface area (Å²) in [6.45, 7) is 3.55. The number of carbonyl (C=O) groups excluding carboxylic acids is 1.